The maximum Gasteiger partial charge on any atom is 0.340 e. The van der Waals surface area contributed by atoms with E-state index in [0.717, 1.165) is 24.9 Å². The number of benzene rings is 1. The number of ether oxygens (including phenoxy) is 1. The van der Waals surface area contributed by atoms with Gasteiger partial charge in [0.05, 0.1) is 24.4 Å². The highest BCUT2D eigenvalue weighted by Gasteiger charge is 2.42. The first-order valence-corrected chi connectivity index (χ1v) is 8.47. The predicted octanol–water partition coefficient (Wildman–Crippen LogP) is 4.53. The Morgan fingerprint density at radius 2 is 2.13 bits per heavy atom. The van der Waals surface area contributed by atoms with Crippen molar-refractivity contribution >= 4 is 34.1 Å². The van der Waals surface area contributed by atoms with Crippen LogP contribution in [0.2, 0.25) is 0 Å². The first-order chi connectivity index (χ1) is 10.8. The number of methoxy groups -OCH3 is 1. The summed E-state index contributed by atoms with van der Waals surface area (Å²) in [5.74, 6) is 0.252. The molecule has 2 unspecified atom stereocenters. The zero-order valence-corrected chi connectivity index (χ0v) is 14.9. The summed E-state index contributed by atoms with van der Waals surface area (Å²) in [6.07, 6.45) is 3.19. The molecule has 23 heavy (non-hydrogen) atoms. The van der Waals surface area contributed by atoms with Crippen LogP contribution in [0.25, 0.3) is 0 Å². The molecule has 0 radical (unpaired) electrons. The van der Waals surface area contributed by atoms with E-state index in [4.69, 9.17) is 16.3 Å². The van der Waals surface area contributed by atoms with Crippen molar-refractivity contribution in [2.45, 2.75) is 51.6 Å². The Balaban J connectivity index is 2.19. The zero-order chi connectivity index (χ0) is 16.8. The Bertz CT molecular complexity index is 669. The normalized spacial score (nSPS) is 25.8. The van der Waals surface area contributed by atoms with E-state index in [1.54, 1.807) is 6.07 Å². The number of aliphatic imine (C=N–C) groups is 1. The Morgan fingerprint density at radius 3 is 2.83 bits per heavy atom. The summed E-state index contributed by atoms with van der Waals surface area (Å²) in [6.45, 7) is 6.77. The highest BCUT2D eigenvalue weighted by molar-refractivity contribution is 6.67. The number of hydrogen-bond donors (Lipinski definition) is 0. The molecule has 0 aromatic heterocycles. The summed E-state index contributed by atoms with van der Waals surface area (Å²) in [5, 5.41) is 0.566. The highest BCUT2D eigenvalue weighted by atomic mass is 35.5. The van der Waals surface area contributed by atoms with Gasteiger partial charge in [-0.15, -0.1) is 0 Å². The minimum Gasteiger partial charge on any atom is -0.465 e. The SMILES string of the molecule is COC(=O)c1cccc2c1N=C(Cl)C1CCC(C)CC(C)(C)N21. The fourth-order valence-electron chi connectivity index (χ4n) is 4.07. The van der Waals surface area contributed by atoms with Gasteiger partial charge in [0.2, 0.25) is 0 Å². The quantitative estimate of drug-likeness (QED) is 0.708. The lowest BCUT2D eigenvalue weighted by Crippen LogP contribution is -2.53. The molecule has 5 heteroatoms. The van der Waals surface area contributed by atoms with Gasteiger partial charge in [0.1, 0.15) is 10.9 Å². The fraction of sp³-hybridized carbons (Fsp3) is 0.556. The van der Waals surface area contributed by atoms with Gasteiger partial charge in [0, 0.05) is 5.54 Å². The van der Waals surface area contributed by atoms with Gasteiger partial charge < -0.3 is 9.64 Å². The summed E-state index contributed by atoms with van der Waals surface area (Å²) in [4.78, 5) is 19.0. The van der Waals surface area contributed by atoms with Crippen LogP contribution in [-0.2, 0) is 4.74 Å². The molecule has 0 aliphatic carbocycles. The summed E-state index contributed by atoms with van der Waals surface area (Å²) in [6, 6.07) is 5.74. The van der Waals surface area contributed by atoms with Gasteiger partial charge in [0.25, 0.3) is 0 Å². The van der Waals surface area contributed by atoms with Crippen LogP contribution in [-0.4, -0.2) is 29.8 Å². The molecule has 0 N–H and O–H groups in total. The average Bonchev–Trinajstić information content (AvgIpc) is 2.62. The lowest BCUT2D eigenvalue weighted by atomic mass is 9.89. The molecule has 2 heterocycles. The fourth-order valence-corrected chi connectivity index (χ4v) is 4.36. The van der Waals surface area contributed by atoms with Crippen LogP contribution in [0.3, 0.4) is 0 Å². The van der Waals surface area contributed by atoms with Crippen molar-refractivity contribution in [3.63, 3.8) is 0 Å². The van der Waals surface area contributed by atoms with Crippen LogP contribution in [0.4, 0.5) is 11.4 Å². The first kappa shape index (κ1) is 16.3. The van der Waals surface area contributed by atoms with Crippen molar-refractivity contribution in [1.82, 2.24) is 0 Å². The molecule has 0 amide bonds. The van der Waals surface area contributed by atoms with Gasteiger partial charge in [-0.1, -0.05) is 24.6 Å². The molecule has 1 saturated heterocycles. The Hall–Kier alpha value is -1.55. The molecule has 1 aromatic carbocycles. The van der Waals surface area contributed by atoms with E-state index in [1.807, 2.05) is 12.1 Å². The van der Waals surface area contributed by atoms with Crippen LogP contribution >= 0.6 is 11.6 Å². The van der Waals surface area contributed by atoms with Crippen molar-refractivity contribution in [3.8, 4) is 0 Å². The molecule has 1 fully saturated rings. The molecule has 4 nitrogen and oxygen atoms in total. The Labute approximate surface area is 142 Å². The topological polar surface area (TPSA) is 41.9 Å². The Kier molecular flexibility index (Phi) is 4.13. The molecule has 2 atom stereocenters. The number of carbonyl (C=O) groups is 1. The lowest BCUT2D eigenvalue weighted by molar-refractivity contribution is 0.0601. The largest absolute Gasteiger partial charge is 0.465 e. The van der Waals surface area contributed by atoms with Crippen LogP contribution in [0.15, 0.2) is 23.2 Å². The summed E-state index contributed by atoms with van der Waals surface area (Å²) in [5.41, 5.74) is 2.01. The van der Waals surface area contributed by atoms with E-state index in [1.165, 1.54) is 7.11 Å². The van der Waals surface area contributed by atoms with Crippen LogP contribution < -0.4 is 4.90 Å². The molecular weight excluding hydrogens is 312 g/mol. The molecule has 0 bridgehead atoms. The average molecular weight is 335 g/mol. The van der Waals surface area contributed by atoms with Crippen LogP contribution in [0.5, 0.6) is 0 Å². The number of carbonyl (C=O) groups excluding carboxylic acids is 1. The third-order valence-corrected chi connectivity index (χ3v) is 5.25. The maximum atomic E-state index is 12.1. The lowest BCUT2D eigenvalue weighted by Gasteiger charge is -2.46. The molecule has 1 aromatic rings. The molecule has 0 saturated carbocycles. The predicted molar refractivity (Wildman–Crippen MR) is 94.1 cm³/mol. The number of anilines is 1. The number of hydrogen-bond acceptors (Lipinski definition) is 4. The number of para-hydroxylation sites is 1. The number of fused-ring (bicyclic) bond motifs is 3. The number of rotatable bonds is 1. The van der Waals surface area contributed by atoms with E-state index < -0.39 is 0 Å². The van der Waals surface area contributed by atoms with Crippen molar-refractivity contribution in [3.05, 3.63) is 23.8 Å². The number of halogens is 1. The molecule has 3 rings (SSSR count). The third-order valence-electron chi connectivity index (χ3n) is 4.92. The van der Waals surface area contributed by atoms with Crippen LogP contribution in [0.1, 0.15) is 50.4 Å². The van der Waals surface area contributed by atoms with Crippen molar-refractivity contribution < 1.29 is 9.53 Å². The van der Waals surface area contributed by atoms with Crippen LogP contribution in [0, 0.1) is 5.92 Å². The van der Waals surface area contributed by atoms with Gasteiger partial charge in [-0.25, -0.2) is 9.79 Å². The maximum absolute atomic E-state index is 12.1. The molecule has 2 aliphatic rings. The van der Waals surface area contributed by atoms with Gasteiger partial charge in [-0.3, -0.25) is 0 Å². The first-order valence-electron chi connectivity index (χ1n) is 8.10. The standard InChI is InChI=1S/C18H23ClN2O2/c1-11-8-9-14-16(19)20-15-12(17(22)23-4)6-5-7-13(15)21(14)18(2,3)10-11/h5-7,11,14H,8-10H2,1-4H3. The van der Waals surface area contributed by atoms with E-state index in [-0.39, 0.29) is 17.6 Å². The monoisotopic (exact) mass is 334 g/mol. The van der Waals surface area contributed by atoms with Crippen molar-refractivity contribution in [2.24, 2.45) is 10.9 Å². The van der Waals surface area contributed by atoms with Crippen molar-refractivity contribution in [2.75, 3.05) is 12.0 Å². The van der Waals surface area contributed by atoms with E-state index >= 15 is 0 Å². The minimum absolute atomic E-state index is 0.0554. The summed E-state index contributed by atoms with van der Waals surface area (Å²) < 4.78 is 4.90. The van der Waals surface area contributed by atoms with Gasteiger partial charge >= 0.3 is 5.97 Å². The molecule has 0 spiro atoms. The van der Waals surface area contributed by atoms with Crippen molar-refractivity contribution in [1.29, 1.82) is 0 Å². The van der Waals surface area contributed by atoms with E-state index in [9.17, 15) is 4.79 Å². The number of esters is 1. The van der Waals surface area contributed by atoms with Gasteiger partial charge in [0.15, 0.2) is 0 Å². The van der Waals surface area contributed by atoms with Gasteiger partial charge in [-0.2, -0.15) is 0 Å². The second-order valence-electron chi connectivity index (χ2n) is 7.18. The Morgan fingerprint density at radius 1 is 1.39 bits per heavy atom. The number of nitrogens with zero attached hydrogens (tertiary/aromatic N) is 2. The smallest absolute Gasteiger partial charge is 0.340 e. The highest BCUT2D eigenvalue weighted by Crippen LogP contribution is 2.46. The zero-order valence-electron chi connectivity index (χ0n) is 14.1. The van der Waals surface area contributed by atoms with E-state index in [2.05, 4.69) is 30.7 Å². The molecule has 124 valence electrons. The molecular formula is C18H23ClN2O2. The second kappa shape index (κ2) is 5.82. The minimum atomic E-state index is -0.380. The second-order valence-corrected chi connectivity index (χ2v) is 7.57. The van der Waals surface area contributed by atoms with Gasteiger partial charge in [-0.05, 0) is 51.2 Å². The summed E-state index contributed by atoms with van der Waals surface area (Å²) in [7, 11) is 1.39. The van der Waals surface area contributed by atoms with E-state index in [0.29, 0.717) is 22.3 Å². The summed E-state index contributed by atoms with van der Waals surface area (Å²) >= 11 is 6.54. The third kappa shape index (κ3) is 2.74. The molecule has 2 aliphatic heterocycles.